The summed E-state index contributed by atoms with van der Waals surface area (Å²) in [7, 11) is 0. The van der Waals surface area contributed by atoms with Gasteiger partial charge in [-0.2, -0.15) is 28.6 Å². The summed E-state index contributed by atoms with van der Waals surface area (Å²) in [6.07, 6.45) is -3.92. The number of nitriles is 1. The van der Waals surface area contributed by atoms with Crippen molar-refractivity contribution in [1.29, 1.82) is 5.26 Å². The fourth-order valence-electron chi connectivity index (χ4n) is 1.68. The lowest BCUT2D eigenvalue weighted by Crippen LogP contribution is -2.10. The molecule has 1 heterocycles. The standard InChI is InChI=1S/C13H7ClF3N3/c14-11-4-2-1-3-9(11)10(6-18)12-5-8(7-19-20-12)13(15,16)17/h1-5,7,10H. The molecular weight excluding hydrogens is 291 g/mol. The van der Waals surface area contributed by atoms with Gasteiger partial charge in [0.1, 0.15) is 5.92 Å². The summed E-state index contributed by atoms with van der Waals surface area (Å²) in [6.45, 7) is 0. The molecule has 1 aromatic heterocycles. The van der Waals surface area contributed by atoms with E-state index in [1.165, 1.54) is 0 Å². The second-order valence-electron chi connectivity index (χ2n) is 3.95. The van der Waals surface area contributed by atoms with Gasteiger partial charge in [0.05, 0.1) is 23.5 Å². The fraction of sp³-hybridized carbons (Fsp3) is 0.154. The first-order valence-electron chi connectivity index (χ1n) is 5.47. The van der Waals surface area contributed by atoms with Gasteiger partial charge in [-0.1, -0.05) is 29.8 Å². The second-order valence-corrected chi connectivity index (χ2v) is 4.36. The summed E-state index contributed by atoms with van der Waals surface area (Å²) in [6, 6.07) is 9.15. The molecule has 0 aliphatic rings. The van der Waals surface area contributed by atoms with Gasteiger partial charge in [0, 0.05) is 5.02 Å². The van der Waals surface area contributed by atoms with Gasteiger partial charge in [-0.15, -0.1) is 0 Å². The highest BCUT2D eigenvalue weighted by molar-refractivity contribution is 6.31. The van der Waals surface area contributed by atoms with Gasteiger partial charge >= 0.3 is 6.18 Å². The molecule has 0 saturated heterocycles. The van der Waals surface area contributed by atoms with Crippen molar-refractivity contribution in [3.8, 4) is 6.07 Å². The van der Waals surface area contributed by atoms with Gasteiger partial charge in [-0.05, 0) is 17.7 Å². The molecule has 0 amide bonds. The first-order chi connectivity index (χ1) is 9.43. The van der Waals surface area contributed by atoms with Crippen molar-refractivity contribution in [2.24, 2.45) is 0 Å². The Morgan fingerprint density at radius 3 is 2.55 bits per heavy atom. The van der Waals surface area contributed by atoms with Crippen molar-refractivity contribution in [2.75, 3.05) is 0 Å². The van der Waals surface area contributed by atoms with E-state index in [1.807, 2.05) is 6.07 Å². The quantitative estimate of drug-likeness (QED) is 0.847. The molecule has 0 N–H and O–H groups in total. The number of halogens is 4. The molecule has 20 heavy (non-hydrogen) atoms. The van der Waals surface area contributed by atoms with Crippen LogP contribution >= 0.6 is 11.6 Å². The minimum Gasteiger partial charge on any atom is -0.197 e. The van der Waals surface area contributed by atoms with Crippen LogP contribution in [0.3, 0.4) is 0 Å². The van der Waals surface area contributed by atoms with E-state index in [-0.39, 0.29) is 5.69 Å². The van der Waals surface area contributed by atoms with Crippen LogP contribution < -0.4 is 0 Å². The highest BCUT2D eigenvalue weighted by Crippen LogP contribution is 2.32. The Hall–Kier alpha value is -2.13. The van der Waals surface area contributed by atoms with Gasteiger partial charge in [0.2, 0.25) is 0 Å². The molecule has 0 aliphatic carbocycles. The van der Waals surface area contributed by atoms with Crippen molar-refractivity contribution in [3.05, 3.63) is 58.4 Å². The van der Waals surface area contributed by atoms with Gasteiger partial charge < -0.3 is 0 Å². The molecule has 1 unspecified atom stereocenters. The topological polar surface area (TPSA) is 49.6 Å². The molecule has 0 aliphatic heterocycles. The van der Waals surface area contributed by atoms with E-state index >= 15 is 0 Å². The third-order valence-corrected chi connectivity index (χ3v) is 2.99. The maximum Gasteiger partial charge on any atom is 0.418 e. The molecule has 2 rings (SSSR count). The summed E-state index contributed by atoms with van der Waals surface area (Å²) in [5.74, 6) is -1.00. The molecule has 0 fully saturated rings. The minimum absolute atomic E-state index is 0.0876. The summed E-state index contributed by atoms with van der Waals surface area (Å²) in [5.41, 5.74) is -0.643. The number of alkyl halides is 3. The summed E-state index contributed by atoms with van der Waals surface area (Å²) in [4.78, 5) is 0. The van der Waals surface area contributed by atoms with E-state index in [0.29, 0.717) is 16.8 Å². The van der Waals surface area contributed by atoms with Gasteiger partial charge in [0.25, 0.3) is 0 Å². The maximum atomic E-state index is 12.6. The number of rotatable bonds is 2. The Labute approximate surface area is 117 Å². The van der Waals surface area contributed by atoms with Crippen molar-refractivity contribution < 1.29 is 13.2 Å². The highest BCUT2D eigenvalue weighted by Gasteiger charge is 2.32. The number of hydrogen-bond donors (Lipinski definition) is 0. The van der Waals surface area contributed by atoms with Crippen molar-refractivity contribution in [2.45, 2.75) is 12.1 Å². The van der Waals surface area contributed by atoms with Gasteiger partial charge in [-0.25, -0.2) is 0 Å². The van der Waals surface area contributed by atoms with Gasteiger partial charge in [0.15, 0.2) is 0 Å². The third kappa shape index (κ3) is 2.89. The molecule has 3 nitrogen and oxygen atoms in total. The number of aromatic nitrogens is 2. The summed E-state index contributed by atoms with van der Waals surface area (Å²) < 4.78 is 37.9. The molecule has 2 aromatic rings. The van der Waals surface area contributed by atoms with Crippen LogP contribution in [0.1, 0.15) is 22.7 Å². The minimum atomic E-state index is -4.54. The van der Waals surface area contributed by atoms with Crippen LogP contribution in [-0.4, -0.2) is 10.2 Å². The average Bonchev–Trinajstić information content (AvgIpc) is 2.41. The predicted octanol–water partition coefficient (Wildman–Crippen LogP) is 3.80. The maximum absolute atomic E-state index is 12.6. The number of hydrogen-bond acceptors (Lipinski definition) is 3. The van der Waals surface area contributed by atoms with Crippen LogP contribution in [-0.2, 0) is 6.18 Å². The zero-order chi connectivity index (χ0) is 14.8. The van der Waals surface area contributed by atoms with E-state index in [1.54, 1.807) is 24.3 Å². The zero-order valence-corrected chi connectivity index (χ0v) is 10.7. The molecule has 0 spiro atoms. The van der Waals surface area contributed by atoms with Crippen LogP contribution in [0.25, 0.3) is 0 Å². The van der Waals surface area contributed by atoms with E-state index in [0.717, 1.165) is 6.07 Å². The third-order valence-electron chi connectivity index (χ3n) is 2.64. The molecule has 1 aromatic carbocycles. The number of nitrogens with zero attached hydrogens (tertiary/aromatic N) is 3. The molecule has 1 atom stereocenters. The molecule has 0 radical (unpaired) electrons. The Morgan fingerprint density at radius 2 is 1.95 bits per heavy atom. The van der Waals surface area contributed by atoms with Crippen LogP contribution in [0.4, 0.5) is 13.2 Å². The fourth-order valence-corrected chi connectivity index (χ4v) is 1.93. The van der Waals surface area contributed by atoms with E-state index in [2.05, 4.69) is 10.2 Å². The SMILES string of the molecule is N#CC(c1cc(C(F)(F)F)cnn1)c1ccccc1Cl. The van der Waals surface area contributed by atoms with Crippen LogP contribution in [0.15, 0.2) is 36.5 Å². The Balaban J connectivity index is 2.49. The van der Waals surface area contributed by atoms with Gasteiger partial charge in [-0.3, -0.25) is 0 Å². The number of benzene rings is 1. The van der Waals surface area contributed by atoms with E-state index in [9.17, 15) is 18.4 Å². The molecular formula is C13H7ClF3N3. The summed E-state index contributed by atoms with van der Waals surface area (Å²) >= 11 is 5.96. The highest BCUT2D eigenvalue weighted by atomic mass is 35.5. The molecule has 0 bridgehead atoms. The Bertz CT molecular complexity index is 664. The first-order valence-corrected chi connectivity index (χ1v) is 5.85. The lowest BCUT2D eigenvalue weighted by Gasteiger charge is -2.12. The second kappa shape index (κ2) is 5.47. The summed E-state index contributed by atoms with van der Waals surface area (Å²) in [5, 5.41) is 16.4. The van der Waals surface area contributed by atoms with Crippen molar-refractivity contribution in [1.82, 2.24) is 10.2 Å². The van der Waals surface area contributed by atoms with Crippen molar-refractivity contribution >= 4 is 11.6 Å². The monoisotopic (exact) mass is 297 g/mol. The zero-order valence-electron chi connectivity index (χ0n) is 9.89. The molecule has 102 valence electrons. The largest absolute Gasteiger partial charge is 0.418 e. The molecule has 0 saturated carbocycles. The molecule has 7 heteroatoms. The van der Waals surface area contributed by atoms with Crippen LogP contribution in [0.5, 0.6) is 0 Å². The predicted molar refractivity (Wildman–Crippen MR) is 65.9 cm³/mol. The Kier molecular flexibility index (Phi) is 3.91. The Morgan fingerprint density at radius 1 is 1.25 bits per heavy atom. The van der Waals surface area contributed by atoms with Crippen LogP contribution in [0.2, 0.25) is 5.02 Å². The van der Waals surface area contributed by atoms with E-state index in [4.69, 9.17) is 11.6 Å². The van der Waals surface area contributed by atoms with E-state index < -0.39 is 17.7 Å². The average molecular weight is 298 g/mol. The lowest BCUT2D eigenvalue weighted by molar-refractivity contribution is -0.138. The first kappa shape index (κ1) is 14.3. The smallest absolute Gasteiger partial charge is 0.197 e. The normalized spacial score (nSPS) is 12.8. The lowest BCUT2D eigenvalue weighted by atomic mass is 9.96. The van der Waals surface area contributed by atoms with Crippen molar-refractivity contribution in [3.63, 3.8) is 0 Å². The van der Waals surface area contributed by atoms with Crippen LogP contribution in [0, 0.1) is 11.3 Å².